The third kappa shape index (κ3) is 5.03. The van der Waals surface area contributed by atoms with Gasteiger partial charge in [0.05, 0.1) is 20.8 Å². The Morgan fingerprint density at radius 1 is 1.12 bits per heavy atom. The van der Waals surface area contributed by atoms with Crippen molar-refractivity contribution >= 4 is 5.96 Å². The summed E-state index contributed by atoms with van der Waals surface area (Å²) in [6, 6.07) is 6.24. The normalized spacial score (nSPS) is 17.9. The van der Waals surface area contributed by atoms with Gasteiger partial charge in [-0.15, -0.1) is 0 Å². The number of hydrogen-bond donors (Lipinski definition) is 2. The van der Waals surface area contributed by atoms with E-state index in [1.807, 2.05) is 6.07 Å². The van der Waals surface area contributed by atoms with Gasteiger partial charge in [0.25, 0.3) is 0 Å². The van der Waals surface area contributed by atoms with E-state index < -0.39 is 0 Å². The van der Waals surface area contributed by atoms with Gasteiger partial charge in [0.1, 0.15) is 0 Å². The maximum absolute atomic E-state index is 6.11. The van der Waals surface area contributed by atoms with Crippen LogP contribution < -0.4 is 20.5 Å². The summed E-state index contributed by atoms with van der Waals surface area (Å²) in [5.74, 6) is 2.04. The molecule has 1 fully saturated rings. The second kappa shape index (κ2) is 7.98. The first-order valence-corrected chi connectivity index (χ1v) is 9.10. The van der Waals surface area contributed by atoms with Gasteiger partial charge in [-0.25, -0.2) is 0 Å². The number of hydrogen-bond acceptors (Lipinski definition) is 3. The molecule has 2 rings (SSSR count). The third-order valence-electron chi connectivity index (χ3n) is 4.86. The van der Waals surface area contributed by atoms with Crippen molar-refractivity contribution < 1.29 is 9.47 Å². The lowest BCUT2D eigenvalue weighted by atomic mass is 9.69. The minimum Gasteiger partial charge on any atom is -0.493 e. The van der Waals surface area contributed by atoms with E-state index in [0.717, 1.165) is 24.3 Å². The Morgan fingerprint density at radius 3 is 2.32 bits per heavy atom. The van der Waals surface area contributed by atoms with Gasteiger partial charge in [-0.1, -0.05) is 25.3 Å². The maximum atomic E-state index is 6.11. The predicted octanol–water partition coefficient (Wildman–Crippen LogP) is 3.61. The first kappa shape index (κ1) is 19.4. The molecule has 5 heteroatoms. The monoisotopic (exact) mass is 347 g/mol. The summed E-state index contributed by atoms with van der Waals surface area (Å²) in [6.45, 7) is 6.94. The number of nitrogens with one attached hydrogen (secondary N) is 1. The summed E-state index contributed by atoms with van der Waals surface area (Å²) >= 11 is 0. The van der Waals surface area contributed by atoms with Crippen LogP contribution in [0.2, 0.25) is 0 Å². The zero-order valence-corrected chi connectivity index (χ0v) is 16.3. The number of guanidine groups is 1. The van der Waals surface area contributed by atoms with E-state index >= 15 is 0 Å². The SMILES string of the molecule is COc1ccc(C2(CN=C(N)NC(C)(C)C)CCCCC2)cc1OC. The van der Waals surface area contributed by atoms with E-state index in [4.69, 9.17) is 20.2 Å². The number of aliphatic imine (C=N–C) groups is 1. The highest BCUT2D eigenvalue weighted by Crippen LogP contribution is 2.42. The van der Waals surface area contributed by atoms with Crippen molar-refractivity contribution in [3.8, 4) is 11.5 Å². The molecule has 0 atom stereocenters. The molecule has 3 N–H and O–H groups in total. The van der Waals surface area contributed by atoms with E-state index in [9.17, 15) is 0 Å². The zero-order valence-electron chi connectivity index (χ0n) is 16.3. The Morgan fingerprint density at radius 2 is 1.76 bits per heavy atom. The van der Waals surface area contributed by atoms with Crippen LogP contribution in [-0.4, -0.2) is 32.3 Å². The molecule has 5 nitrogen and oxygen atoms in total. The smallest absolute Gasteiger partial charge is 0.189 e. The molecule has 1 aromatic rings. The standard InChI is InChI=1S/C20H33N3O2/c1-19(2,3)23-18(21)22-14-20(11-7-6-8-12-20)15-9-10-16(24-4)17(13-15)25-5/h9-10,13H,6-8,11-12,14H2,1-5H3,(H3,21,22,23). The summed E-state index contributed by atoms with van der Waals surface area (Å²) in [5, 5.41) is 3.25. The molecule has 25 heavy (non-hydrogen) atoms. The van der Waals surface area contributed by atoms with Crippen LogP contribution in [0.1, 0.15) is 58.4 Å². The van der Waals surface area contributed by atoms with Crippen molar-refractivity contribution in [2.75, 3.05) is 20.8 Å². The molecule has 0 heterocycles. The van der Waals surface area contributed by atoms with Crippen molar-refractivity contribution in [2.45, 2.75) is 63.8 Å². The quantitative estimate of drug-likeness (QED) is 0.631. The van der Waals surface area contributed by atoms with Crippen LogP contribution >= 0.6 is 0 Å². The highest BCUT2D eigenvalue weighted by atomic mass is 16.5. The first-order valence-electron chi connectivity index (χ1n) is 9.10. The fourth-order valence-corrected chi connectivity index (χ4v) is 3.59. The Kier molecular flexibility index (Phi) is 6.20. The average Bonchev–Trinajstić information content (AvgIpc) is 2.58. The topological polar surface area (TPSA) is 68.9 Å². The lowest BCUT2D eigenvalue weighted by Gasteiger charge is -2.37. The molecule has 1 aromatic carbocycles. The van der Waals surface area contributed by atoms with Crippen LogP contribution in [0.15, 0.2) is 23.2 Å². The number of ether oxygens (including phenoxy) is 2. The van der Waals surface area contributed by atoms with Gasteiger partial charge in [0, 0.05) is 11.0 Å². The minimum absolute atomic E-state index is 0.0159. The predicted molar refractivity (Wildman–Crippen MR) is 104 cm³/mol. The molecule has 0 aliphatic heterocycles. The number of benzene rings is 1. The Bertz CT molecular complexity index is 599. The Labute approximate surface area is 152 Å². The Balaban J connectivity index is 2.30. The number of rotatable bonds is 5. The van der Waals surface area contributed by atoms with Gasteiger partial charge in [-0.05, 0) is 51.3 Å². The van der Waals surface area contributed by atoms with Crippen molar-refractivity contribution in [3.05, 3.63) is 23.8 Å². The van der Waals surface area contributed by atoms with Gasteiger partial charge >= 0.3 is 0 Å². The summed E-state index contributed by atoms with van der Waals surface area (Å²) in [5.41, 5.74) is 7.30. The van der Waals surface area contributed by atoms with Crippen LogP contribution in [0.25, 0.3) is 0 Å². The van der Waals surface area contributed by atoms with E-state index in [1.165, 1.54) is 24.8 Å². The van der Waals surface area contributed by atoms with Gasteiger partial charge < -0.3 is 20.5 Å². The van der Waals surface area contributed by atoms with Crippen LogP contribution in [-0.2, 0) is 5.41 Å². The van der Waals surface area contributed by atoms with E-state index in [0.29, 0.717) is 12.5 Å². The fraction of sp³-hybridized carbons (Fsp3) is 0.650. The van der Waals surface area contributed by atoms with Crippen molar-refractivity contribution in [1.29, 1.82) is 0 Å². The summed E-state index contributed by atoms with van der Waals surface area (Å²) in [6.07, 6.45) is 5.96. The minimum atomic E-state index is -0.0867. The van der Waals surface area contributed by atoms with Crippen LogP contribution in [0.3, 0.4) is 0 Å². The molecule has 1 aliphatic carbocycles. The highest BCUT2D eigenvalue weighted by Gasteiger charge is 2.34. The lowest BCUT2D eigenvalue weighted by Crippen LogP contribution is -2.45. The third-order valence-corrected chi connectivity index (χ3v) is 4.86. The van der Waals surface area contributed by atoms with Gasteiger partial charge in [0.2, 0.25) is 0 Å². The second-order valence-electron chi connectivity index (χ2n) is 7.99. The fourth-order valence-electron chi connectivity index (χ4n) is 3.59. The maximum Gasteiger partial charge on any atom is 0.189 e. The van der Waals surface area contributed by atoms with Crippen LogP contribution in [0.5, 0.6) is 11.5 Å². The largest absolute Gasteiger partial charge is 0.493 e. The molecule has 0 unspecified atom stereocenters. The van der Waals surface area contributed by atoms with Crippen LogP contribution in [0, 0.1) is 0 Å². The molecule has 1 saturated carbocycles. The number of methoxy groups -OCH3 is 2. The zero-order chi connectivity index (χ0) is 18.5. The van der Waals surface area contributed by atoms with Crippen molar-refractivity contribution in [3.63, 3.8) is 0 Å². The van der Waals surface area contributed by atoms with Gasteiger partial charge in [-0.2, -0.15) is 0 Å². The molecule has 140 valence electrons. The molecular formula is C20H33N3O2. The molecule has 1 aliphatic rings. The van der Waals surface area contributed by atoms with E-state index in [2.05, 4.69) is 38.2 Å². The summed E-state index contributed by atoms with van der Waals surface area (Å²) in [7, 11) is 3.34. The van der Waals surface area contributed by atoms with E-state index in [-0.39, 0.29) is 11.0 Å². The summed E-state index contributed by atoms with van der Waals surface area (Å²) < 4.78 is 10.9. The molecule has 0 radical (unpaired) electrons. The average molecular weight is 348 g/mol. The molecule has 0 aromatic heterocycles. The molecule has 0 spiro atoms. The van der Waals surface area contributed by atoms with Gasteiger partial charge in [0.15, 0.2) is 17.5 Å². The Hall–Kier alpha value is -1.91. The highest BCUT2D eigenvalue weighted by molar-refractivity contribution is 5.78. The molecular weight excluding hydrogens is 314 g/mol. The van der Waals surface area contributed by atoms with E-state index in [1.54, 1.807) is 14.2 Å². The van der Waals surface area contributed by atoms with Crippen molar-refractivity contribution in [1.82, 2.24) is 5.32 Å². The summed E-state index contributed by atoms with van der Waals surface area (Å²) in [4.78, 5) is 4.69. The molecule has 0 amide bonds. The van der Waals surface area contributed by atoms with Crippen molar-refractivity contribution in [2.24, 2.45) is 10.7 Å². The molecule has 0 saturated heterocycles. The molecule has 0 bridgehead atoms. The second-order valence-corrected chi connectivity index (χ2v) is 7.99. The number of nitrogens with two attached hydrogens (primary N) is 1. The lowest BCUT2D eigenvalue weighted by molar-refractivity contribution is 0.298. The van der Waals surface area contributed by atoms with Crippen LogP contribution in [0.4, 0.5) is 0 Å². The number of nitrogens with zero attached hydrogens (tertiary/aromatic N) is 1. The first-order chi connectivity index (χ1) is 11.8. The van der Waals surface area contributed by atoms with Gasteiger partial charge in [-0.3, -0.25) is 4.99 Å².